The zero-order valence-corrected chi connectivity index (χ0v) is 15.3. The second-order valence-electron chi connectivity index (χ2n) is 6.01. The highest BCUT2D eigenvalue weighted by atomic mass is 19.1. The Kier molecular flexibility index (Phi) is 6.01. The molecule has 0 saturated carbocycles. The van der Waals surface area contributed by atoms with Crippen LogP contribution in [0.2, 0.25) is 0 Å². The van der Waals surface area contributed by atoms with E-state index in [0.29, 0.717) is 0 Å². The number of carboxylic acid groups (broad SMARTS) is 1. The fraction of sp³-hybridized carbons (Fsp3) is 0.0909. The molecule has 0 radical (unpaired) electrons. The Morgan fingerprint density at radius 2 is 1.82 bits per heavy atom. The summed E-state index contributed by atoms with van der Waals surface area (Å²) in [4.78, 5) is 12.9. The molecular weight excluding hydrogens is 357 g/mol. The summed E-state index contributed by atoms with van der Waals surface area (Å²) in [6.07, 6.45) is 3.89. The van der Waals surface area contributed by atoms with Crippen molar-refractivity contribution in [3.05, 3.63) is 78.9 Å². The van der Waals surface area contributed by atoms with Crippen LogP contribution in [-0.4, -0.2) is 27.5 Å². The summed E-state index contributed by atoms with van der Waals surface area (Å²) in [5.74, 6) is -0.228. The van der Waals surface area contributed by atoms with Crippen LogP contribution in [0.1, 0.15) is 6.92 Å². The summed E-state index contributed by atoms with van der Waals surface area (Å²) < 4.78 is 15.2. The highest BCUT2D eigenvalue weighted by Crippen LogP contribution is 2.26. The minimum Gasteiger partial charge on any atom is -0.483 e. The van der Waals surface area contributed by atoms with Gasteiger partial charge in [0.2, 0.25) is 0 Å². The second-order valence-corrected chi connectivity index (χ2v) is 6.01. The van der Waals surface area contributed by atoms with E-state index in [1.165, 1.54) is 12.1 Å². The molecule has 4 aromatic rings. The maximum absolute atomic E-state index is 13.1. The number of anilines is 1. The van der Waals surface area contributed by atoms with Crippen LogP contribution in [0.3, 0.4) is 0 Å². The maximum Gasteiger partial charge on any atom is 0.290 e. The van der Waals surface area contributed by atoms with Crippen molar-refractivity contribution >= 4 is 17.8 Å². The van der Waals surface area contributed by atoms with E-state index in [9.17, 15) is 4.39 Å². The van der Waals surface area contributed by atoms with Crippen molar-refractivity contribution in [2.24, 2.45) is 0 Å². The fourth-order valence-corrected chi connectivity index (χ4v) is 3.01. The van der Waals surface area contributed by atoms with E-state index in [1.807, 2.05) is 30.6 Å². The van der Waals surface area contributed by atoms with Gasteiger partial charge in [-0.3, -0.25) is 9.20 Å². The van der Waals surface area contributed by atoms with E-state index in [1.54, 1.807) is 12.1 Å². The predicted molar refractivity (Wildman–Crippen MR) is 109 cm³/mol. The monoisotopic (exact) mass is 377 g/mol. The third kappa shape index (κ3) is 4.17. The number of pyridine rings is 1. The second kappa shape index (κ2) is 8.81. The highest BCUT2D eigenvalue weighted by Gasteiger charge is 2.08. The minimum atomic E-state index is -0.250. The van der Waals surface area contributed by atoms with Crippen LogP contribution in [-0.2, 0) is 4.79 Å². The first-order chi connectivity index (χ1) is 13.7. The lowest BCUT2D eigenvalue weighted by Crippen LogP contribution is -1.96. The molecule has 2 aromatic carbocycles. The minimum absolute atomic E-state index is 0.228. The third-order valence-corrected chi connectivity index (χ3v) is 4.23. The number of hydrogen-bond acceptors (Lipinski definition) is 3. The number of benzene rings is 2. The molecule has 6 heteroatoms. The summed E-state index contributed by atoms with van der Waals surface area (Å²) in [6.45, 7) is 2.72. The van der Waals surface area contributed by atoms with Crippen LogP contribution >= 0.6 is 0 Å². The lowest BCUT2D eigenvalue weighted by Gasteiger charge is -2.07. The molecule has 4 rings (SSSR count). The predicted octanol–water partition coefficient (Wildman–Crippen LogP) is 4.94. The van der Waals surface area contributed by atoms with Gasteiger partial charge in [-0.15, -0.1) is 0 Å². The van der Waals surface area contributed by atoms with Gasteiger partial charge in [0.25, 0.3) is 6.47 Å². The number of imidazole rings is 1. The summed E-state index contributed by atoms with van der Waals surface area (Å²) >= 11 is 0. The average Bonchev–Trinajstić information content (AvgIpc) is 3.13. The summed E-state index contributed by atoms with van der Waals surface area (Å²) in [7, 11) is 0. The molecule has 0 aliphatic carbocycles. The van der Waals surface area contributed by atoms with Crippen LogP contribution in [0.4, 0.5) is 10.1 Å². The Morgan fingerprint density at radius 3 is 2.54 bits per heavy atom. The molecule has 2 heterocycles. The standard InChI is InChI=1S/C21H18FN3.CH2O2/c1-2-23-19-5-3-4-17(12-19)20-14-24-21-13-16(10-11-25(20)21)15-6-8-18(22)9-7-15;2-1-3/h3-14,23H,2H2,1H3;1H,(H,2,3). The van der Waals surface area contributed by atoms with Crippen LogP contribution in [0, 0.1) is 5.82 Å². The molecule has 28 heavy (non-hydrogen) atoms. The normalized spacial score (nSPS) is 10.2. The number of carbonyl (C=O) groups is 1. The summed E-state index contributed by atoms with van der Waals surface area (Å²) in [5.41, 5.74) is 6.11. The smallest absolute Gasteiger partial charge is 0.290 e. The number of nitrogens with one attached hydrogen (secondary N) is 1. The molecular formula is C22H20FN3O2. The zero-order chi connectivity index (χ0) is 19.9. The van der Waals surface area contributed by atoms with Gasteiger partial charge in [-0.1, -0.05) is 24.3 Å². The van der Waals surface area contributed by atoms with Gasteiger partial charge in [0.1, 0.15) is 11.5 Å². The molecule has 142 valence electrons. The first-order valence-corrected chi connectivity index (χ1v) is 8.81. The Labute approximate surface area is 162 Å². The van der Waals surface area contributed by atoms with E-state index in [0.717, 1.165) is 40.3 Å². The van der Waals surface area contributed by atoms with Crippen molar-refractivity contribution in [1.29, 1.82) is 0 Å². The Morgan fingerprint density at radius 1 is 1.07 bits per heavy atom. The van der Waals surface area contributed by atoms with E-state index < -0.39 is 0 Å². The number of hydrogen-bond donors (Lipinski definition) is 2. The van der Waals surface area contributed by atoms with E-state index >= 15 is 0 Å². The SMILES string of the molecule is CCNc1cccc(-c2cnc3cc(-c4ccc(F)cc4)ccn23)c1.O=CO. The fourth-order valence-electron chi connectivity index (χ4n) is 3.01. The molecule has 2 aromatic heterocycles. The molecule has 0 aliphatic rings. The lowest BCUT2D eigenvalue weighted by molar-refractivity contribution is -0.122. The van der Waals surface area contributed by atoms with Crippen LogP contribution < -0.4 is 5.32 Å². The third-order valence-electron chi connectivity index (χ3n) is 4.23. The Balaban J connectivity index is 0.000000706. The summed E-state index contributed by atoms with van der Waals surface area (Å²) in [6, 6.07) is 18.9. The number of halogens is 1. The van der Waals surface area contributed by atoms with Crippen molar-refractivity contribution in [2.45, 2.75) is 6.92 Å². The molecule has 0 spiro atoms. The van der Waals surface area contributed by atoms with E-state index in [4.69, 9.17) is 9.90 Å². The maximum atomic E-state index is 13.1. The van der Waals surface area contributed by atoms with Crippen LogP contribution in [0.15, 0.2) is 73.1 Å². The zero-order valence-electron chi connectivity index (χ0n) is 15.3. The molecule has 0 bridgehead atoms. The van der Waals surface area contributed by atoms with Crippen molar-refractivity contribution in [3.8, 4) is 22.4 Å². The van der Waals surface area contributed by atoms with Crippen LogP contribution in [0.25, 0.3) is 28.0 Å². The first kappa shape index (κ1) is 19.1. The number of rotatable bonds is 4. The van der Waals surface area contributed by atoms with Gasteiger partial charge >= 0.3 is 0 Å². The van der Waals surface area contributed by atoms with Crippen molar-refractivity contribution in [1.82, 2.24) is 9.38 Å². The van der Waals surface area contributed by atoms with Gasteiger partial charge < -0.3 is 10.4 Å². The molecule has 0 unspecified atom stereocenters. The quantitative estimate of drug-likeness (QED) is 0.494. The van der Waals surface area contributed by atoms with Gasteiger partial charge in [-0.25, -0.2) is 9.37 Å². The average molecular weight is 377 g/mol. The molecule has 0 fully saturated rings. The van der Waals surface area contributed by atoms with Gasteiger partial charge in [0, 0.05) is 24.0 Å². The molecule has 2 N–H and O–H groups in total. The Hall–Kier alpha value is -3.67. The van der Waals surface area contributed by atoms with Gasteiger partial charge in [-0.05, 0) is 54.4 Å². The Bertz CT molecular complexity index is 1070. The number of fused-ring (bicyclic) bond motifs is 1. The number of aromatic nitrogens is 2. The van der Waals surface area contributed by atoms with Crippen LogP contribution in [0.5, 0.6) is 0 Å². The lowest BCUT2D eigenvalue weighted by atomic mass is 10.1. The highest BCUT2D eigenvalue weighted by molar-refractivity contribution is 5.72. The number of nitrogens with zero attached hydrogens (tertiary/aromatic N) is 2. The van der Waals surface area contributed by atoms with E-state index in [2.05, 4.69) is 39.8 Å². The first-order valence-electron chi connectivity index (χ1n) is 8.81. The topological polar surface area (TPSA) is 66.6 Å². The van der Waals surface area contributed by atoms with Crippen molar-refractivity contribution in [3.63, 3.8) is 0 Å². The van der Waals surface area contributed by atoms with Gasteiger partial charge in [0.05, 0.1) is 11.9 Å². The van der Waals surface area contributed by atoms with E-state index in [-0.39, 0.29) is 12.3 Å². The molecule has 0 aliphatic heterocycles. The van der Waals surface area contributed by atoms with Gasteiger partial charge in [-0.2, -0.15) is 0 Å². The molecule has 0 saturated heterocycles. The summed E-state index contributed by atoms with van der Waals surface area (Å²) in [5, 5.41) is 10.2. The van der Waals surface area contributed by atoms with Crippen molar-refractivity contribution < 1.29 is 14.3 Å². The molecule has 0 amide bonds. The van der Waals surface area contributed by atoms with Gasteiger partial charge in [0.15, 0.2) is 0 Å². The molecule has 0 atom stereocenters. The largest absolute Gasteiger partial charge is 0.483 e. The van der Waals surface area contributed by atoms with Crippen molar-refractivity contribution in [2.75, 3.05) is 11.9 Å². The molecule has 5 nitrogen and oxygen atoms in total.